The van der Waals surface area contributed by atoms with E-state index in [1.54, 1.807) is 0 Å². The first kappa shape index (κ1) is 13.7. The molecule has 2 aromatic heterocycles. The number of rotatable bonds is 5. The molecule has 4 heteroatoms. The molecule has 2 aromatic rings. The van der Waals surface area contributed by atoms with Gasteiger partial charge in [-0.1, -0.05) is 13.8 Å². The molecule has 0 aliphatic rings. The number of H-pyrrole nitrogens is 1. The van der Waals surface area contributed by atoms with Crippen molar-refractivity contribution < 1.29 is 0 Å². The summed E-state index contributed by atoms with van der Waals surface area (Å²) in [6.07, 6.45) is 3.76. The van der Waals surface area contributed by atoms with E-state index < -0.39 is 0 Å². The van der Waals surface area contributed by atoms with E-state index in [2.05, 4.69) is 60.0 Å². The summed E-state index contributed by atoms with van der Waals surface area (Å²) in [4.78, 5) is 6.40. The summed E-state index contributed by atoms with van der Waals surface area (Å²) in [5.41, 5.74) is 4.85. The Hall–Kier alpha value is -1.68. The van der Waals surface area contributed by atoms with E-state index >= 15 is 0 Å². The summed E-state index contributed by atoms with van der Waals surface area (Å²) in [5.74, 6) is 0.470. The second-order valence-corrected chi connectivity index (χ2v) is 5.45. The lowest BCUT2D eigenvalue weighted by Crippen LogP contribution is -2.18. The average Bonchev–Trinajstić information content (AvgIpc) is 2.80. The van der Waals surface area contributed by atoms with Crippen molar-refractivity contribution in [3.63, 3.8) is 0 Å². The monoisotopic (exact) mass is 258 g/mol. The van der Waals surface area contributed by atoms with E-state index in [0.717, 1.165) is 24.5 Å². The largest absolute Gasteiger partial charge is 0.296 e. The summed E-state index contributed by atoms with van der Waals surface area (Å²) in [6.45, 7) is 8.21. The molecule has 0 unspecified atom stereocenters. The van der Waals surface area contributed by atoms with Crippen LogP contribution in [0.15, 0.2) is 24.5 Å². The molecule has 1 N–H and O–H groups in total. The smallest absolute Gasteiger partial charge is 0.0650 e. The highest BCUT2D eigenvalue weighted by Crippen LogP contribution is 2.14. The minimum Gasteiger partial charge on any atom is -0.296 e. The summed E-state index contributed by atoms with van der Waals surface area (Å²) in [6, 6.07) is 4.24. The lowest BCUT2D eigenvalue weighted by molar-refractivity contribution is 0.314. The molecule has 0 spiro atoms. The molecule has 102 valence electrons. The molecule has 0 aliphatic carbocycles. The highest BCUT2D eigenvalue weighted by atomic mass is 15.2. The minimum absolute atomic E-state index is 0.470. The van der Waals surface area contributed by atoms with Gasteiger partial charge in [-0.3, -0.25) is 15.0 Å². The second-order valence-electron chi connectivity index (χ2n) is 5.45. The van der Waals surface area contributed by atoms with E-state index in [1.165, 1.54) is 11.1 Å². The van der Waals surface area contributed by atoms with Crippen LogP contribution in [0.2, 0.25) is 0 Å². The fraction of sp³-hybridized carbons (Fsp3) is 0.467. The molecule has 0 aromatic carbocycles. The third-order valence-electron chi connectivity index (χ3n) is 3.26. The van der Waals surface area contributed by atoms with Gasteiger partial charge in [-0.2, -0.15) is 5.10 Å². The molecule has 4 nitrogen and oxygen atoms in total. The van der Waals surface area contributed by atoms with Crippen LogP contribution in [0.25, 0.3) is 0 Å². The zero-order chi connectivity index (χ0) is 13.8. The molecular weight excluding hydrogens is 236 g/mol. The van der Waals surface area contributed by atoms with Crippen LogP contribution in [0, 0.1) is 6.92 Å². The van der Waals surface area contributed by atoms with Crippen molar-refractivity contribution >= 4 is 0 Å². The molecular formula is C15H22N4. The number of aromatic amines is 1. The Morgan fingerprint density at radius 2 is 2.11 bits per heavy atom. The van der Waals surface area contributed by atoms with Crippen LogP contribution in [0.4, 0.5) is 0 Å². The first-order valence-electron chi connectivity index (χ1n) is 6.68. The SMILES string of the molecule is Cc1cnccc1CN(C)Cc1cc(C(C)C)n[nH]1. The van der Waals surface area contributed by atoms with Gasteiger partial charge in [0.05, 0.1) is 5.69 Å². The van der Waals surface area contributed by atoms with Crippen LogP contribution in [0.3, 0.4) is 0 Å². The molecule has 0 bridgehead atoms. The van der Waals surface area contributed by atoms with Gasteiger partial charge in [0.15, 0.2) is 0 Å². The van der Waals surface area contributed by atoms with Crippen molar-refractivity contribution in [2.24, 2.45) is 0 Å². The number of hydrogen-bond donors (Lipinski definition) is 1. The molecule has 0 saturated heterocycles. The maximum Gasteiger partial charge on any atom is 0.0650 e. The number of pyridine rings is 1. The van der Waals surface area contributed by atoms with Gasteiger partial charge in [-0.15, -0.1) is 0 Å². The molecule has 19 heavy (non-hydrogen) atoms. The van der Waals surface area contributed by atoms with E-state index in [9.17, 15) is 0 Å². The minimum atomic E-state index is 0.470. The van der Waals surface area contributed by atoms with Crippen LogP contribution in [0.1, 0.15) is 42.3 Å². The van der Waals surface area contributed by atoms with Crippen molar-refractivity contribution in [3.8, 4) is 0 Å². The fourth-order valence-corrected chi connectivity index (χ4v) is 2.07. The van der Waals surface area contributed by atoms with Crippen molar-refractivity contribution in [2.75, 3.05) is 7.05 Å². The maximum absolute atomic E-state index is 4.33. The summed E-state index contributed by atoms with van der Waals surface area (Å²) < 4.78 is 0. The van der Waals surface area contributed by atoms with Crippen molar-refractivity contribution in [1.82, 2.24) is 20.1 Å². The Morgan fingerprint density at radius 3 is 2.74 bits per heavy atom. The van der Waals surface area contributed by atoms with Crippen LogP contribution in [-0.4, -0.2) is 27.1 Å². The van der Waals surface area contributed by atoms with Crippen molar-refractivity contribution in [3.05, 3.63) is 47.0 Å². The lowest BCUT2D eigenvalue weighted by Gasteiger charge is -2.16. The number of aryl methyl sites for hydroxylation is 1. The Bertz CT molecular complexity index is 530. The molecule has 2 rings (SSSR count). The van der Waals surface area contributed by atoms with E-state index in [-0.39, 0.29) is 0 Å². The van der Waals surface area contributed by atoms with Crippen LogP contribution >= 0.6 is 0 Å². The molecule has 2 heterocycles. The summed E-state index contributed by atoms with van der Waals surface area (Å²) in [7, 11) is 2.12. The zero-order valence-corrected chi connectivity index (χ0v) is 12.1. The van der Waals surface area contributed by atoms with Crippen LogP contribution in [0.5, 0.6) is 0 Å². The van der Waals surface area contributed by atoms with E-state index in [4.69, 9.17) is 0 Å². The van der Waals surface area contributed by atoms with Gasteiger partial charge in [0.25, 0.3) is 0 Å². The lowest BCUT2D eigenvalue weighted by atomic mass is 10.1. The van der Waals surface area contributed by atoms with E-state index in [1.807, 2.05) is 12.4 Å². The summed E-state index contributed by atoms with van der Waals surface area (Å²) >= 11 is 0. The Kier molecular flexibility index (Phi) is 4.32. The van der Waals surface area contributed by atoms with E-state index in [0.29, 0.717) is 5.92 Å². The van der Waals surface area contributed by atoms with Gasteiger partial charge in [0.2, 0.25) is 0 Å². The van der Waals surface area contributed by atoms with Crippen molar-refractivity contribution in [2.45, 2.75) is 39.8 Å². The first-order valence-corrected chi connectivity index (χ1v) is 6.68. The van der Waals surface area contributed by atoms with Crippen LogP contribution < -0.4 is 0 Å². The molecule has 0 aliphatic heterocycles. The predicted molar refractivity (Wildman–Crippen MR) is 76.8 cm³/mol. The Morgan fingerprint density at radius 1 is 1.32 bits per heavy atom. The normalized spacial score (nSPS) is 11.5. The van der Waals surface area contributed by atoms with Gasteiger partial charge in [0.1, 0.15) is 0 Å². The average molecular weight is 258 g/mol. The molecule has 0 saturated carbocycles. The van der Waals surface area contributed by atoms with Crippen LogP contribution in [-0.2, 0) is 13.1 Å². The number of aromatic nitrogens is 3. The van der Waals surface area contributed by atoms with Gasteiger partial charge in [-0.05, 0) is 43.1 Å². The van der Waals surface area contributed by atoms with Gasteiger partial charge < -0.3 is 0 Å². The highest BCUT2D eigenvalue weighted by molar-refractivity contribution is 5.21. The number of hydrogen-bond acceptors (Lipinski definition) is 3. The topological polar surface area (TPSA) is 44.8 Å². The third-order valence-corrected chi connectivity index (χ3v) is 3.26. The molecule has 0 fully saturated rings. The molecule has 0 amide bonds. The van der Waals surface area contributed by atoms with Crippen molar-refractivity contribution in [1.29, 1.82) is 0 Å². The van der Waals surface area contributed by atoms with Gasteiger partial charge in [0, 0.05) is 31.2 Å². The predicted octanol–water partition coefficient (Wildman–Crippen LogP) is 2.87. The standard InChI is InChI=1S/C15H22N4/c1-11(2)15-7-14(17-18-15)10-19(4)9-13-5-6-16-8-12(13)3/h5-8,11H,9-10H2,1-4H3,(H,17,18). The maximum atomic E-state index is 4.33. The Balaban J connectivity index is 1.97. The fourth-order valence-electron chi connectivity index (χ4n) is 2.07. The zero-order valence-electron chi connectivity index (χ0n) is 12.1. The number of nitrogens with zero attached hydrogens (tertiary/aromatic N) is 3. The number of nitrogens with one attached hydrogen (secondary N) is 1. The Labute approximate surface area is 114 Å². The van der Waals surface area contributed by atoms with Gasteiger partial charge >= 0.3 is 0 Å². The quantitative estimate of drug-likeness (QED) is 0.897. The molecule has 0 atom stereocenters. The second kappa shape index (κ2) is 5.97. The third kappa shape index (κ3) is 3.64. The first-order chi connectivity index (χ1) is 9.06. The molecule has 0 radical (unpaired) electrons. The van der Waals surface area contributed by atoms with Gasteiger partial charge in [-0.25, -0.2) is 0 Å². The summed E-state index contributed by atoms with van der Waals surface area (Å²) in [5, 5.41) is 7.45. The highest BCUT2D eigenvalue weighted by Gasteiger charge is 2.08.